The third-order valence-electron chi connectivity index (χ3n) is 5.15. The molecule has 0 aliphatic carbocycles. The number of thiophene rings is 1. The van der Waals surface area contributed by atoms with E-state index in [1.165, 1.54) is 22.5 Å². The molecule has 7 nitrogen and oxygen atoms in total. The predicted octanol–water partition coefficient (Wildman–Crippen LogP) is 1.87. The van der Waals surface area contributed by atoms with Crippen molar-refractivity contribution in [2.75, 3.05) is 57.4 Å². The van der Waals surface area contributed by atoms with Crippen LogP contribution in [0.3, 0.4) is 0 Å². The molecule has 2 fully saturated rings. The number of amides is 1. The molecule has 1 amide bonds. The fourth-order valence-corrected chi connectivity index (χ4v) is 6.21. The number of carbonyl (C=O) groups excluding carboxylic acids is 1. The van der Waals surface area contributed by atoms with Gasteiger partial charge in [-0.25, -0.2) is 12.8 Å². The minimum absolute atomic E-state index is 0.160. The van der Waals surface area contributed by atoms with Crippen molar-refractivity contribution in [2.24, 2.45) is 0 Å². The summed E-state index contributed by atoms with van der Waals surface area (Å²) in [6.45, 7) is 3.75. The van der Waals surface area contributed by atoms with Crippen molar-refractivity contribution in [3.63, 3.8) is 0 Å². The summed E-state index contributed by atoms with van der Waals surface area (Å²) in [5, 5.41) is 1.61. The molecule has 1 aromatic carbocycles. The Kier molecular flexibility index (Phi) is 5.86. The molecule has 29 heavy (non-hydrogen) atoms. The molecule has 2 saturated heterocycles. The number of sulfonamides is 1. The van der Waals surface area contributed by atoms with Crippen LogP contribution in [0.1, 0.15) is 10.4 Å². The van der Waals surface area contributed by atoms with Crippen LogP contribution in [0.4, 0.5) is 10.1 Å². The fraction of sp³-hybridized carbons (Fsp3) is 0.421. The largest absolute Gasteiger partial charge is 0.378 e. The van der Waals surface area contributed by atoms with Crippen molar-refractivity contribution < 1.29 is 22.3 Å². The third kappa shape index (κ3) is 4.30. The van der Waals surface area contributed by atoms with Crippen molar-refractivity contribution in [3.05, 3.63) is 47.1 Å². The Labute approximate surface area is 173 Å². The summed E-state index contributed by atoms with van der Waals surface area (Å²) in [5.74, 6) is -0.456. The van der Waals surface area contributed by atoms with Gasteiger partial charge < -0.3 is 14.5 Å². The molecule has 0 saturated carbocycles. The summed E-state index contributed by atoms with van der Waals surface area (Å²) in [5.41, 5.74) is 1.28. The number of piperazine rings is 1. The van der Waals surface area contributed by atoms with E-state index in [2.05, 4.69) is 0 Å². The number of anilines is 1. The molecule has 0 radical (unpaired) electrons. The number of rotatable bonds is 4. The van der Waals surface area contributed by atoms with E-state index in [0.717, 1.165) is 17.0 Å². The van der Waals surface area contributed by atoms with E-state index in [9.17, 15) is 17.6 Å². The smallest absolute Gasteiger partial charge is 0.254 e. The van der Waals surface area contributed by atoms with Crippen LogP contribution < -0.4 is 4.90 Å². The molecule has 1 aromatic heterocycles. The van der Waals surface area contributed by atoms with Gasteiger partial charge >= 0.3 is 0 Å². The highest BCUT2D eigenvalue weighted by atomic mass is 32.2. The van der Waals surface area contributed by atoms with Gasteiger partial charge in [-0.2, -0.15) is 4.31 Å². The van der Waals surface area contributed by atoms with Gasteiger partial charge in [0.2, 0.25) is 0 Å². The van der Waals surface area contributed by atoms with Crippen LogP contribution in [0, 0.1) is 5.82 Å². The van der Waals surface area contributed by atoms with E-state index in [1.807, 2.05) is 4.90 Å². The number of morpholine rings is 1. The summed E-state index contributed by atoms with van der Waals surface area (Å²) >= 11 is 1.08. The third-order valence-corrected chi connectivity index (χ3v) is 8.46. The van der Waals surface area contributed by atoms with Gasteiger partial charge in [-0.15, -0.1) is 11.3 Å². The van der Waals surface area contributed by atoms with Gasteiger partial charge in [0, 0.05) is 50.3 Å². The summed E-state index contributed by atoms with van der Waals surface area (Å²) in [6, 6.07) is 7.67. The molecule has 3 heterocycles. The maximum Gasteiger partial charge on any atom is 0.254 e. The van der Waals surface area contributed by atoms with Crippen molar-refractivity contribution in [1.82, 2.24) is 9.21 Å². The van der Waals surface area contributed by atoms with Crippen LogP contribution in [0.2, 0.25) is 0 Å². The zero-order valence-electron chi connectivity index (χ0n) is 15.8. The first-order valence-electron chi connectivity index (χ1n) is 9.41. The van der Waals surface area contributed by atoms with Crippen molar-refractivity contribution >= 4 is 33.0 Å². The zero-order valence-corrected chi connectivity index (χ0v) is 17.4. The lowest BCUT2D eigenvalue weighted by atomic mass is 10.2. The van der Waals surface area contributed by atoms with Crippen molar-refractivity contribution in [2.45, 2.75) is 4.21 Å². The highest BCUT2D eigenvalue weighted by Gasteiger charge is 2.31. The number of benzene rings is 1. The van der Waals surface area contributed by atoms with Gasteiger partial charge in [0.05, 0.1) is 18.8 Å². The van der Waals surface area contributed by atoms with Gasteiger partial charge in [0.25, 0.3) is 15.9 Å². The number of halogens is 1. The van der Waals surface area contributed by atoms with Gasteiger partial charge in [-0.05, 0) is 30.3 Å². The van der Waals surface area contributed by atoms with Crippen LogP contribution in [0.15, 0.2) is 39.9 Å². The van der Waals surface area contributed by atoms with Crippen LogP contribution >= 0.6 is 11.3 Å². The fourth-order valence-electron chi connectivity index (χ4n) is 3.48. The Bertz CT molecular complexity index is 964. The van der Waals surface area contributed by atoms with Gasteiger partial charge in [0.1, 0.15) is 10.0 Å². The molecule has 2 aliphatic rings. The summed E-state index contributed by atoms with van der Waals surface area (Å²) in [4.78, 5) is 16.3. The van der Waals surface area contributed by atoms with E-state index in [-0.39, 0.29) is 15.9 Å². The van der Waals surface area contributed by atoms with E-state index in [0.29, 0.717) is 58.0 Å². The number of hydrogen-bond acceptors (Lipinski definition) is 6. The lowest BCUT2D eigenvalue weighted by Gasteiger charge is -2.35. The molecule has 0 spiro atoms. The minimum Gasteiger partial charge on any atom is -0.378 e. The number of carbonyl (C=O) groups is 1. The standard InChI is InChI=1S/C19H22FN3O4S2/c20-16-1-3-17(4-2-16)21-5-7-23(8-6-21)29(25,26)18-13-15(14-28-18)19(24)22-9-11-27-12-10-22/h1-4,13-14H,5-12H2. The van der Waals surface area contributed by atoms with Gasteiger partial charge in [0.15, 0.2) is 0 Å². The average Bonchev–Trinajstić information content (AvgIpc) is 3.26. The van der Waals surface area contributed by atoms with Crippen LogP contribution in [0.5, 0.6) is 0 Å². The minimum atomic E-state index is -3.65. The van der Waals surface area contributed by atoms with Crippen molar-refractivity contribution in [1.29, 1.82) is 0 Å². The predicted molar refractivity (Wildman–Crippen MR) is 108 cm³/mol. The van der Waals surface area contributed by atoms with E-state index in [4.69, 9.17) is 4.74 Å². The lowest BCUT2D eigenvalue weighted by Crippen LogP contribution is -2.48. The molecule has 4 rings (SSSR count). The topological polar surface area (TPSA) is 70.2 Å². The maximum atomic E-state index is 13.1. The Morgan fingerprint density at radius 3 is 2.31 bits per heavy atom. The molecular formula is C19H22FN3O4S2. The second-order valence-corrected chi connectivity index (χ2v) is 10.0. The first-order valence-corrected chi connectivity index (χ1v) is 11.7. The van der Waals surface area contributed by atoms with E-state index < -0.39 is 10.0 Å². The second kappa shape index (κ2) is 8.39. The molecule has 0 unspecified atom stereocenters. The quantitative estimate of drug-likeness (QED) is 0.728. The number of nitrogens with zero attached hydrogens (tertiary/aromatic N) is 3. The summed E-state index contributed by atoms with van der Waals surface area (Å²) in [7, 11) is -3.65. The summed E-state index contributed by atoms with van der Waals surface area (Å²) < 4.78 is 46.0. The number of ether oxygens (including phenoxy) is 1. The van der Waals surface area contributed by atoms with Gasteiger partial charge in [-0.1, -0.05) is 0 Å². The highest BCUT2D eigenvalue weighted by Crippen LogP contribution is 2.27. The zero-order chi connectivity index (χ0) is 20.4. The Morgan fingerprint density at radius 2 is 1.66 bits per heavy atom. The van der Waals surface area contributed by atoms with Crippen LogP contribution in [-0.2, 0) is 14.8 Å². The van der Waals surface area contributed by atoms with Crippen LogP contribution in [-0.4, -0.2) is 76.0 Å². The first kappa shape index (κ1) is 20.3. The average molecular weight is 440 g/mol. The number of hydrogen-bond donors (Lipinski definition) is 0. The van der Waals surface area contributed by atoms with E-state index in [1.54, 1.807) is 22.4 Å². The molecular weight excluding hydrogens is 417 g/mol. The molecule has 10 heteroatoms. The Hall–Kier alpha value is -2.01. The Morgan fingerprint density at radius 1 is 1.00 bits per heavy atom. The first-order chi connectivity index (χ1) is 13.9. The normalized spacial score (nSPS) is 18.8. The Balaban J connectivity index is 1.42. The lowest BCUT2D eigenvalue weighted by molar-refractivity contribution is 0.0303. The molecule has 2 aliphatic heterocycles. The maximum absolute atomic E-state index is 13.1. The molecule has 2 aromatic rings. The van der Waals surface area contributed by atoms with Crippen LogP contribution in [0.25, 0.3) is 0 Å². The molecule has 0 N–H and O–H groups in total. The second-order valence-electron chi connectivity index (χ2n) is 6.93. The summed E-state index contributed by atoms with van der Waals surface area (Å²) in [6.07, 6.45) is 0. The molecule has 156 valence electrons. The molecule has 0 bridgehead atoms. The van der Waals surface area contributed by atoms with Gasteiger partial charge in [-0.3, -0.25) is 4.79 Å². The van der Waals surface area contributed by atoms with Crippen molar-refractivity contribution in [3.8, 4) is 0 Å². The highest BCUT2D eigenvalue weighted by molar-refractivity contribution is 7.91. The monoisotopic (exact) mass is 439 g/mol. The van der Waals surface area contributed by atoms with E-state index >= 15 is 0 Å². The molecule has 0 atom stereocenters. The SMILES string of the molecule is O=C(c1csc(S(=O)(=O)N2CCN(c3ccc(F)cc3)CC2)c1)N1CCOCC1.